The largest absolute Gasteiger partial charge is 0.392 e. The Morgan fingerprint density at radius 1 is 1.43 bits per heavy atom. The molecule has 0 radical (unpaired) electrons. The van der Waals surface area contributed by atoms with Crippen LogP contribution in [0, 0.1) is 11.8 Å². The molecule has 1 aliphatic carbocycles. The third-order valence-electron chi connectivity index (χ3n) is 4.34. The first-order valence-corrected chi connectivity index (χ1v) is 7.53. The molecule has 1 heterocycles. The Morgan fingerprint density at radius 2 is 2.14 bits per heavy atom. The van der Waals surface area contributed by atoms with E-state index < -0.39 is 24.1 Å². The van der Waals surface area contributed by atoms with Gasteiger partial charge in [-0.25, -0.2) is 10.4 Å². The molecule has 4 nitrogen and oxygen atoms in total. The Labute approximate surface area is 122 Å². The van der Waals surface area contributed by atoms with Crippen molar-refractivity contribution in [2.45, 2.75) is 57.8 Å². The van der Waals surface area contributed by atoms with E-state index in [0.29, 0.717) is 18.7 Å². The molecule has 3 atom stereocenters. The summed E-state index contributed by atoms with van der Waals surface area (Å²) in [6.45, 7) is 2.75. The summed E-state index contributed by atoms with van der Waals surface area (Å²) in [6, 6.07) is -0.557. The second-order valence-electron chi connectivity index (χ2n) is 5.72. The maximum absolute atomic E-state index is 13.3. The van der Waals surface area contributed by atoms with Crippen LogP contribution >= 0.6 is 0 Å². The molecule has 1 saturated carbocycles. The zero-order chi connectivity index (χ0) is 15.5. The second kappa shape index (κ2) is 6.79. The molecule has 0 spiro atoms. The van der Waals surface area contributed by atoms with Gasteiger partial charge in [-0.05, 0) is 25.2 Å². The van der Waals surface area contributed by atoms with E-state index in [1.165, 1.54) is 0 Å². The number of nitrogens with two attached hydrogens (primary N) is 1. The number of hydrazine groups is 1. The van der Waals surface area contributed by atoms with Gasteiger partial charge >= 0.3 is 6.18 Å². The molecule has 0 bridgehead atoms. The van der Waals surface area contributed by atoms with Crippen LogP contribution in [0.2, 0.25) is 0 Å². The first kappa shape index (κ1) is 16.3. The van der Waals surface area contributed by atoms with Gasteiger partial charge in [0.1, 0.15) is 5.82 Å². The van der Waals surface area contributed by atoms with E-state index in [1.54, 1.807) is 12.4 Å². The van der Waals surface area contributed by atoms with Crippen LogP contribution in [0.5, 0.6) is 0 Å². The molecule has 21 heavy (non-hydrogen) atoms. The maximum atomic E-state index is 13.3. The molecular weight excluding hydrogens is 281 g/mol. The minimum atomic E-state index is -4.18. The van der Waals surface area contributed by atoms with Gasteiger partial charge in [-0.3, -0.25) is 5.84 Å². The van der Waals surface area contributed by atoms with Crippen LogP contribution in [-0.2, 0) is 6.54 Å². The van der Waals surface area contributed by atoms with Gasteiger partial charge in [-0.15, -0.1) is 0 Å². The molecule has 1 aliphatic rings. The van der Waals surface area contributed by atoms with E-state index in [-0.39, 0.29) is 6.42 Å². The highest BCUT2D eigenvalue weighted by Crippen LogP contribution is 2.46. The molecule has 120 valence electrons. The first-order valence-electron chi connectivity index (χ1n) is 7.53. The maximum Gasteiger partial charge on any atom is 0.392 e. The minimum absolute atomic E-state index is 0.181. The van der Waals surface area contributed by atoms with Gasteiger partial charge in [0.05, 0.1) is 12.0 Å². The number of aromatic nitrogens is 2. The van der Waals surface area contributed by atoms with E-state index in [4.69, 9.17) is 5.84 Å². The lowest BCUT2D eigenvalue weighted by Gasteiger charge is -2.37. The zero-order valence-electron chi connectivity index (χ0n) is 12.2. The Morgan fingerprint density at radius 3 is 2.76 bits per heavy atom. The average molecular weight is 304 g/mol. The van der Waals surface area contributed by atoms with Crippen molar-refractivity contribution in [1.82, 2.24) is 15.0 Å². The molecule has 2 rings (SSSR count). The molecule has 0 aliphatic heterocycles. The third kappa shape index (κ3) is 3.58. The van der Waals surface area contributed by atoms with Gasteiger partial charge in [-0.2, -0.15) is 13.2 Å². The van der Waals surface area contributed by atoms with Crippen molar-refractivity contribution in [3.8, 4) is 0 Å². The average Bonchev–Trinajstić information content (AvgIpc) is 2.88. The molecular formula is C14H23F3N4. The second-order valence-corrected chi connectivity index (χ2v) is 5.72. The van der Waals surface area contributed by atoms with Crippen molar-refractivity contribution in [3.63, 3.8) is 0 Å². The number of aryl methyl sites for hydroxylation is 1. The van der Waals surface area contributed by atoms with Crippen molar-refractivity contribution < 1.29 is 13.2 Å². The van der Waals surface area contributed by atoms with E-state index in [2.05, 4.69) is 10.4 Å². The number of nitrogens with one attached hydrogen (secondary N) is 1. The van der Waals surface area contributed by atoms with Gasteiger partial charge in [0.2, 0.25) is 0 Å². The predicted molar refractivity (Wildman–Crippen MR) is 74.1 cm³/mol. The summed E-state index contributed by atoms with van der Waals surface area (Å²) in [5, 5.41) is 0. The predicted octanol–water partition coefficient (Wildman–Crippen LogP) is 3.17. The van der Waals surface area contributed by atoms with Crippen LogP contribution in [-0.4, -0.2) is 15.7 Å². The number of imidazole rings is 1. The molecule has 3 N–H and O–H groups in total. The van der Waals surface area contributed by atoms with Crippen LogP contribution in [0.25, 0.3) is 0 Å². The molecule has 0 amide bonds. The molecule has 7 heteroatoms. The summed E-state index contributed by atoms with van der Waals surface area (Å²) in [6.07, 6.45) is 2.29. The first-order chi connectivity index (χ1) is 9.99. The van der Waals surface area contributed by atoms with Crippen LogP contribution < -0.4 is 11.3 Å². The molecule has 0 aromatic carbocycles. The van der Waals surface area contributed by atoms with E-state index in [0.717, 1.165) is 19.4 Å². The summed E-state index contributed by atoms with van der Waals surface area (Å²) < 4.78 is 41.7. The number of rotatable bonds is 5. The molecule has 0 saturated heterocycles. The normalized spacial score (nSPS) is 25.0. The van der Waals surface area contributed by atoms with Crippen LogP contribution in [0.4, 0.5) is 13.2 Å². The summed E-state index contributed by atoms with van der Waals surface area (Å²) in [4.78, 5) is 4.25. The Hall–Kier alpha value is -1.08. The lowest BCUT2D eigenvalue weighted by Crippen LogP contribution is -2.44. The van der Waals surface area contributed by atoms with Crippen molar-refractivity contribution in [2.75, 3.05) is 0 Å². The Kier molecular flexibility index (Phi) is 5.27. The van der Waals surface area contributed by atoms with Crippen LogP contribution in [0.15, 0.2) is 12.4 Å². The SMILES string of the molecule is CCCn1ccnc1C(NN)C1CCCCC1C(F)(F)F. The zero-order valence-corrected chi connectivity index (χ0v) is 12.2. The smallest absolute Gasteiger partial charge is 0.334 e. The van der Waals surface area contributed by atoms with Crippen molar-refractivity contribution >= 4 is 0 Å². The number of alkyl halides is 3. The van der Waals surface area contributed by atoms with Crippen molar-refractivity contribution in [1.29, 1.82) is 0 Å². The molecule has 3 unspecified atom stereocenters. The number of hydrogen-bond acceptors (Lipinski definition) is 3. The topological polar surface area (TPSA) is 55.9 Å². The summed E-state index contributed by atoms with van der Waals surface area (Å²) in [5.74, 6) is 4.35. The molecule has 1 aromatic heterocycles. The highest BCUT2D eigenvalue weighted by Gasteiger charge is 2.48. The van der Waals surface area contributed by atoms with Gasteiger partial charge in [-0.1, -0.05) is 19.8 Å². The van der Waals surface area contributed by atoms with E-state index >= 15 is 0 Å². The van der Waals surface area contributed by atoms with Crippen LogP contribution in [0.1, 0.15) is 50.9 Å². The fraction of sp³-hybridized carbons (Fsp3) is 0.786. The molecule has 1 aromatic rings. The van der Waals surface area contributed by atoms with E-state index in [1.807, 2.05) is 11.5 Å². The summed E-state index contributed by atoms with van der Waals surface area (Å²) >= 11 is 0. The Balaban J connectivity index is 2.27. The Bertz CT molecular complexity index is 444. The quantitative estimate of drug-likeness (QED) is 0.649. The minimum Gasteiger partial charge on any atom is -0.334 e. The highest BCUT2D eigenvalue weighted by atomic mass is 19.4. The summed E-state index contributed by atoms with van der Waals surface area (Å²) in [7, 11) is 0. The standard InChI is InChI=1S/C14H23F3N4/c1-2-8-21-9-7-19-13(21)12(20-18)10-5-3-4-6-11(10)14(15,16)17/h7,9-12,20H,2-6,8,18H2,1H3. The van der Waals surface area contributed by atoms with Crippen LogP contribution in [0.3, 0.4) is 0 Å². The third-order valence-corrected chi connectivity index (χ3v) is 4.34. The highest BCUT2D eigenvalue weighted by molar-refractivity contribution is 5.04. The molecule has 1 fully saturated rings. The summed E-state index contributed by atoms with van der Waals surface area (Å²) in [5.41, 5.74) is 2.59. The number of halogens is 3. The fourth-order valence-corrected chi connectivity index (χ4v) is 3.38. The van der Waals surface area contributed by atoms with Gasteiger partial charge in [0.15, 0.2) is 0 Å². The van der Waals surface area contributed by atoms with E-state index in [9.17, 15) is 13.2 Å². The monoisotopic (exact) mass is 304 g/mol. The van der Waals surface area contributed by atoms with Crippen molar-refractivity contribution in [2.24, 2.45) is 17.7 Å². The lowest BCUT2D eigenvalue weighted by atomic mass is 9.74. The van der Waals surface area contributed by atoms with Gasteiger partial charge in [0, 0.05) is 18.9 Å². The van der Waals surface area contributed by atoms with Gasteiger partial charge < -0.3 is 4.57 Å². The van der Waals surface area contributed by atoms with Gasteiger partial charge in [0.25, 0.3) is 0 Å². The number of hydrogen-bond donors (Lipinski definition) is 2. The number of nitrogens with zero attached hydrogens (tertiary/aromatic N) is 2. The fourth-order valence-electron chi connectivity index (χ4n) is 3.38. The lowest BCUT2D eigenvalue weighted by molar-refractivity contribution is -0.200. The van der Waals surface area contributed by atoms with Crippen molar-refractivity contribution in [3.05, 3.63) is 18.2 Å².